The van der Waals surface area contributed by atoms with Crippen LogP contribution in [-0.2, 0) is 0 Å². The van der Waals surface area contributed by atoms with Gasteiger partial charge in [-0.25, -0.2) is 0 Å². The van der Waals surface area contributed by atoms with Gasteiger partial charge >= 0.3 is 0 Å². The molecule has 1 atom stereocenters. The summed E-state index contributed by atoms with van der Waals surface area (Å²) >= 11 is 0. The fourth-order valence-corrected chi connectivity index (χ4v) is 2.71. The van der Waals surface area contributed by atoms with Crippen LogP contribution in [0, 0.1) is 0 Å². The Kier molecular flexibility index (Phi) is 15.3. The van der Waals surface area contributed by atoms with Gasteiger partial charge in [-0.2, -0.15) is 0 Å². The van der Waals surface area contributed by atoms with Gasteiger partial charge < -0.3 is 0 Å². The van der Waals surface area contributed by atoms with Gasteiger partial charge in [0.1, 0.15) is 0 Å². The van der Waals surface area contributed by atoms with Crippen LogP contribution in [0.2, 0.25) is 0 Å². The lowest BCUT2D eigenvalue weighted by atomic mass is 10.1. The minimum absolute atomic E-state index is 1.08. The monoisotopic (exact) mass is 242 g/mol. The van der Waals surface area contributed by atoms with E-state index in [0.717, 1.165) is 8.58 Å². The Balaban J connectivity index is 2.95. The molecule has 0 rings (SSSR count). The molecule has 0 aromatic carbocycles. The summed E-state index contributed by atoms with van der Waals surface area (Å²) in [5.74, 6) is 2.41. The third-order valence-corrected chi connectivity index (χ3v) is 4.00. The summed E-state index contributed by atoms with van der Waals surface area (Å²) < 4.78 is 0. The van der Waals surface area contributed by atoms with Crippen LogP contribution < -0.4 is 0 Å². The summed E-state index contributed by atoms with van der Waals surface area (Å²) in [6.07, 6.45) is 17.9. The van der Waals surface area contributed by atoms with Gasteiger partial charge in [-0.05, 0) is 19.0 Å². The van der Waals surface area contributed by atoms with Crippen molar-refractivity contribution in [3.05, 3.63) is 11.9 Å². The minimum Gasteiger partial charge on any atom is -0.0987 e. The van der Waals surface area contributed by atoms with Crippen LogP contribution in [0.4, 0.5) is 0 Å². The Labute approximate surface area is 105 Å². The van der Waals surface area contributed by atoms with E-state index in [9.17, 15) is 0 Å². The van der Waals surface area contributed by atoms with Crippen molar-refractivity contribution in [1.29, 1.82) is 0 Å². The van der Waals surface area contributed by atoms with E-state index in [-0.39, 0.29) is 0 Å². The molecule has 1 heteroatoms. The average Bonchev–Trinajstić information content (AvgIpc) is 2.31. The van der Waals surface area contributed by atoms with Gasteiger partial charge in [0.25, 0.3) is 0 Å². The molecular weight excluding hydrogens is 211 g/mol. The zero-order valence-corrected chi connectivity index (χ0v) is 12.4. The van der Waals surface area contributed by atoms with Crippen molar-refractivity contribution in [3.8, 4) is 0 Å². The van der Waals surface area contributed by atoms with Crippen molar-refractivity contribution in [2.75, 3.05) is 6.16 Å². The van der Waals surface area contributed by atoms with Gasteiger partial charge in [0, 0.05) is 0 Å². The highest BCUT2D eigenvalue weighted by Crippen LogP contribution is 2.16. The zero-order valence-electron chi connectivity index (χ0n) is 11.4. The number of rotatable bonds is 12. The van der Waals surface area contributed by atoms with E-state index < -0.39 is 0 Å². The molecule has 0 amide bonds. The highest BCUT2D eigenvalue weighted by atomic mass is 31.1. The van der Waals surface area contributed by atoms with E-state index in [1.165, 1.54) is 70.4 Å². The lowest BCUT2D eigenvalue weighted by Crippen LogP contribution is -1.80. The van der Waals surface area contributed by atoms with Crippen LogP contribution >= 0.6 is 8.58 Å². The first-order valence-electron chi connectivity index (χ1n) is 7.30. The smallest absolute Gasteiger partial charge is 0.0319 e. The Bertz CT molecular complexity index is 140. The van der Waals surface area contributed by atoms with Crippen LogP contribution in [0.5, 0.6) is 0 Å². The maximum absolute atomic E-state index is 2.41. The number of hydrogen-bond acceptors (Lipinski definition) is 0. The Morgan fingerprint density at radius 1 is 0.750 bits per heavy atom. The molecule has 0 bridgehead atoms. The highest BCUT2D eigenvalue weighted by molar-refractivity contribution is 7.41. The molecule has 0 nitrogen and oxygen atoms in total. The third kappa shape index (κ3) is 14.2. The largest absolute Gasteiger partial charge is 0.0987 e. The molecule has 1 unspecified atom stereocenters. The Morgan fingerprint density at radius 3 is 2.06 bits per heavy atom. The third-order valence-electron chi connectivity index (χ3n) is 2.88. The van der Waals surface area contributed by atoms with Gasteiger partial charge in [-0.3, -0.25) is 0 Å². The van der Waals surface area contributed by atoms with E-state index >= 15 is 0 Å². The van der Waals surface area contributed by atoms with Crippen LogP contribution in [0.15, 0.2) is 11.9 Å². The van der Waals surface area contributed by atoms with Crippen molar-refractivity contribution in [2.45, 2.75) is 78.1 Å². The van der Waals surface area contributed by atoms with Crippen molar-refractivity contribution >= 4 is 8.58 Å². The second-order valence-electron chi connectivity index (χ2n) is 4.62. The number of allylic oxidation sites excluding steroid dienone is 1. The second-order valence-corrected chi connectivity index (χ2v) is 5.86. The molecule has 0 fully saturated rings. The Morgan fingerprint density at radius 2 is 1.38 bits per heavy atom. The number of hydrogen-bond donors (Lipinski definition) is 0. The van der Waals surface area contributed by atoms with Crippen LogP contribution in [0.3, 0.4) is 0 Å². The summed E-state index contributed by atoms with van der Waals surface area (Å²) in [6, 6.07) is 0. The standard InChI is InChI=1S/C15H31P/c1-3-5-7-9-10-11-13-15-16-14-12-8-6-4-2/h12,14,16H,3-11,13,15H2,1-2H3. The van der Waals surface area contributed by atoms with Crippen molar-refractivity contribution in [2.24, 2.45) is 0 Å². The minimum atomic E-state index is 1.08. The first kappa shape index (κ1) is 16.2. The van der Waals surface area contributed by atoms with Gasteiger partial charge in [-0.1, -0.05) is 85.7 Å². The fourth-order valence-electron chi connectivity index (χ4n) is 1.76. The topological polar surface area (TPSA) is 0 Å². The lowest BCUT2D eigenvalue weighted by Gasteiger charge is -1.99. The molecule has 0 spiro atoms. The van der Waals surface area contributed by atoms with E-state index in [2.05, 4.69) is 25.7 Å². The normalized spacial score (nSPS) is 12.1. The first-order chi connectivity index (χ1) is 7.91. The van der Waals surface area contributed by atoms with Crippen molar-refractivity contribution in [3.63, 3.8) is 0 Å². The SMILES string of the molecule is CCCCC=CPCCCCCCCCC. The van der Waals surface area contributed by atoms with E-state index in [1.807, 2.05) is 0 Å². The lowest BCUT2D eigenvalue weighted by molar-refractivity contribution is 0.603. The maximum Gasteiger partial charge on any atom is -0.0319 e. The first-order valence-corrected chi connectivity index (χ1v) is 8.58. The van der Waals surface area contributed by atoms with Crippen LogP contribution in [-0.4, -0.2) is 6.16 Å². The molecule has 0 heterocycles. The van der Waals surface area contributed by atoms with Gasteiger partial charge in [0.2, 0.25) is 0 Å². The highest BCUT2D eigenvalue weighted by Gasteiger charge is 1.90. The summed E-state index contributed by atoms with van der Waals surface area (Å²) in [7, 11) is 1.08. The second kappa shape index (κ2) is 15.2. The van der Waals surface area contributed by atoms with E-state index in [4.69, 9.17) is 0 Å². The summed E-state index contributed by atoms with van der Waals surface area (Å²) in [5, 5.41) is 0. The molecule has 0 aromatic rings. The molecule has 0 aliphatic heterocycles. The fraction of sp³-hybridized carbons (Fsp3) is 0.867. The molecule has 0 saturated carbocycles. The molecule has 0 N–H and O–H groups in total. The average molecular weight is 242 g/mol. The van der Waals surface area contributed by atoms with Crippen LogP contribution in [0.25, 0.3) is 0 Å². The molecular formula is C15H31P. The predicted molar refractivity (Wildman–Crippen MR) is 79.8 cm³/mol. The van der Waals surface area contributed by atoms with E-state index in [1.54, 1.807) is 0 Å². The van der Waals surface area contributed by atoms with Crippen molar-refractivity contribution in [1.82, 2.24) is 0 Å². The quantitative estimate of drug-likeness (QED) is 0.286. The summed E-state index contributed by atoms with van der Waals surface area (Å²) in [4.78, 5) is 0. The molecule has 16 heavy (non-hydrogen) atoms. The van der Waals surface area contributed by atoms with E-state index in [0.29, 0.717) is 0 Å². The molecule has 0 aromatic heterocycles. The Hall–Kier alpha value is 0.170. The molecule has 96 valence electrons. The van der Waals surface area contributed by atoms with Gasteiger partial charge in [-0.15, -0.1) is 0 Å². The summed E-state index contributed by atoms with van der Waals surface area (Å²) in [6.45, 7) is 4.54. The molecule has 0 saturated heterocycles. The molecule has 0 aliphatic carbocycles. The number of unbranched alkanes of at least 4 members (excludes halogenated alkanes) is 8. The predicted octanol–water partition coefficient (Wildman–Crippen LogP) is 6.12. The zero-order chi connectivity index (χ0) is 11.9. The van der Waals surface area contributed by atoms with Gasteiger partial charge in [0.05, 0.1) is 0 Å². The van der Waals surface area contributed by atoms with Crippen molar-refractivity contribution < 1.29 is 0 Å². The van der Waals surface area contributed by atoms with Crippen LogP contribution in [0.1, 0.15) is 78.1 Å². The van der Waals surface area contributed by atoms with Gasteiger partial charge in [0.15, 0.2) is 0 Å². The summed E-state index contributed by atoms with van der Waals surface area (Å²) in [5.41, 5.74) is 0. The molecule has 0 aliphatic rings. The molecule has 0 radical (unpaired) electrons. The maximum atomic E-state index is 2.41.